The highest BCUT2D eigenvalue weighted by atomic mass is 32.2. The summed E-state index contributed by atoms with van der Waals surface area (Å²) < 4.78 is 36.9. The molecule has 1 N–H and O–H groups in total. The van der Waals surface area contributed by atoms with Gasteiger partial charge >= 0.3 is 0 Å². The second-order valence-electron chi connectivity index (χ2n) is 9.60. The molecule has 0 saturated carbocycles. The number of carbonyl (C=O) groups excluding carboxylic acids is 1. The standard InChI is InChI=1S/C29H32N4O5S2/c1-4-40(35,36)24-12-5-20(6-13-24)27(38-23-10-8-22(37-3)9-11-23)28(34)31-29-30-25-14-7-21(19-26(25)39-29)33-17-15-32(2)16-18-33/h5-14,19,27H,4,15-18H2,1-3H3,(H,30,31,34). The van der Waals surface area contributed by atoms with Crippen molar-refractivity contribution in [2.45, 2.75) is 17.9 Å². The number of likely N-dealkylation sites (N-methyl/N-ethyl adjacent to an activating group) is 1. The molecule has 1 atom stereocenters. The number of benzene rings is 3. The fourth-order valence-electron chi connectivity index (χ4n) is 4.48. The fraction of sp³-hybridized carbons (Fsp3) is 0.310. The van der Waals surface area contributed by atoms with Crippen molar-refractivity contribution in [3.8, 4) is 11.5 Å². The zero-order valence-electron chi connectivity index (χ0n) is 22.7. The molecule has 9 nitrogen and oxygen atoms in total. The van der Waals surface area contributed by atoms with Crippen molar-refractivity contribution in [1.82, 2.24) is 9.88 Å². The summed E-state index contributed by atoms with van der Waals surface area (Å²) in [6, 6.07) is 19.3. The van der Waals surface area contributed by atoms with Crippen LogP contribution in [0.15, 0.2) is 71.6 Å². The van der Waals surface area contributed by atoms with Gasteiger partial charge in [-0.2, -0.15) is 0 Å². The van der Waals surface area contributed by atoms with Crippen LogP contribution in [0.5, 0.6) is 11.5 Å². The maximum Gasteiger partial charge on any atom is 0.271 e. The van der Waals surface area contributed by atoms with E-state index in [1.54, 1.807) is 50.4 Å². The molecule has 0 aliphatic carbocycles. The zero-order chi connectivity index (χ0) is 28.3. The number of thiazole rings is 1. The number of methoxy groups -OCH3 is 1. The molecule has 0 spiro atoms. The molecule has 1 amide bonds. The average molecular weight is 581 g/mol. The lowest BCUT2D eigenvalue weighted by Gasteiger charge is -2.34. The van der Waals surface area contributed by atoms with Crippen LogP contribution in [-0.4, -0.2) is 70.3 Å². The van der Waals surface area contributed by atoms with Crippen LogP contribution in [0.4, 0.5) is 10.8 Å². The Bertz CT molecular complexity index is 1580. The maximum absolute atomic E-state index is 13.6. The Morgan fingerprint density at radius 2 is 1.68 bits per heavy atom. The van der Waals surface area contributed by atoms with Crippen molar-refractivity contribution in [2.75, 3.05) is 56.3 Å². The summed E-state index contributed by atoms with van der Waals surface area (Å²) in [7, 11) is 0.329. The Kier molecular flexibility index (Phi) is 8.24. The number of rotatable bonds is 9. The average Bonchev–Trinajstić information content (AvgIpc) is 3.38. The van der Waals surface area contributed by atoms with Crippen molar-refractivity contribution in [1.29, 1.82) is 0 Å². The lowest BCUT2D eigenvalue weighted by Crippen LogP contribution is -2.44. The molecule has 0 bridgehead atoms. The Hall–Kier alpha value is -3.67. The Labute approximate surface area is 238 Å². The number of nitrogens with zero attached hydrogens (tertiary/aromatic N) is 3. The van der Waals surface area contributed by atoms with E-state index in [2.05, 4.69) is 39.3 Å². The lowest BCUT2D eigenvalue weighted by molar-refractivity contribution is -0.123. The predicted molar refractivity (Wildman–Crippen MR) is 158 cm³/mol. The molecule has 1 fully saturated rings. The third-order valence-corrected chi connectivity index (χ3v) is 9.63. The van der Waals surface area contributed by atoms with E-state index in [1.807, 2.05) is 6.07 Å². The molecular weight excluding hydrogens is 548 g/mol. The zero-order valence-corrected chi connectivity index (χ0v) is 24.3. The van der Waals surface area contributed by atoms with Crippen LogP contribution in [0.3, 0.4) is 0 Å². The molecular formula is C29H32N4O5S2. The summed E-state index contributed by atoms with van der Waals surface area (Å²) in [5, 5.41) is 3.38. The van der Waals surface area contributed by atoms with Crippen LogP contribution in [0.1, 0.15) is 18.6 Å². The van der Waals surface area contributed by atoms with Crippen LogP contribution < -0.4 is 19.7 Å². The second-order valence-corrected chi connectivity index (χ2v) is 12.9. The number of hydrogen-bond acceptors (Lipinski definition) is 9. The van der Waals surface area contributed by atoms with Crippen molar-refractivity contribution >= 4 is 48.1 Å². The van der Waals surface area contributed by atoms with Crippen molar-refractivity contribution in [3.63, 3.8) is 0 Å². The van der Waals surface area contributed by atoms with Gasteiger partial charge in [-0.15, -0.1) is 0 Å². The van der Waals surface area contributed by atoms with Crippen LogP contribution in [-0.2, 0) is 14.6 Å². The highest BCUT2D eigenvalue weighted by Gasteiger charge is 2.25. The van der Waals surface area contributed by atoms with Gasteiger partial charge in [0, 0.05) is 37.4 Å². The third kappa shape index (κ3) is 6.22. The van der Waals surface area contributed by atoms with Crippen LogP contribution >= 0.6 is 11.3 Å². The van der Waals surface area contributed by atoms with Gasteiger partial charge < -0.3 is 19.3 Å². The number of aromatic nitrogens is 1. The normalized spacial score (nSPS) is 15.1. The quantitative estimate of drug-likeness (QED) is 0.306. The summed E-state index contributed by atoms with van der Waals surface area (Å²) in [5.74, 6) is 0.702. The molecule has 1 aromatic heterocycles. The lowest BCUT2D eigenvalue weighted by atomic mass is 10.1. The molecule has 5 rings (SSSR count). The van der Waals surface area contributed by atoms with E-state index in [4.69, 9.17) is 9.47 Å². The van der Waals surface area contributed by atoms with E-state index < -0.39 is 21.8 Å². The number of amides is 1. The summed E-state index contributed by atoms with van der Waals surface area (Å²) in [5.41, 5.74) is 2.46. The minimum atomic E-state index is -3.37. The van der Waals surface area contributed by atoms with Crippen LogP contribution in [0.2, 0.25) is 0 Å². The topological polar surface area (TPSA) is 101 Å². The van der Waals surface area contributed by atoms with Gasteiger partial charge in [-0.3, -0.25) is 10.1 Å². The van der Waals surface area contributed by atoms with E-state index >= 15 is 0 Å². The van der Waals surface area contributed by atoms with Gasteiger partial charge in [-0.1, -0.05) is 30.4 Å². The summed E-state index contributed by atoms with van der Waals surface area (Å²) in [6.45, 7) is 5.56. The van der Waals surface area contributed by atoms with Crippen molar-refractivity contribution in [2.24, 2.45) is 0 Å². The molecule has 1 aliphatic heterocycles. The molecule has 40 heavy (non-hydrogen) atoms. The Morgan fingerprint density at radius 1 is 1.00 bits per heavy atom. The monoisotopic (exact) mass is 580 g/mol. The van der Waals surface area contributed by atoms with Gasteiger partial charge in [0.25, 0.3) is 5.91 Å². The molecule has 0 radical (unpaired) electrons. The van der Waals surface area contributed by atoms with Gasteiger partial charge in [0.1, 0.15) is 11.5 Å². The second kappa shape index (κ2) is 11.8. The Morgan fingerprint density at radius 3 is 2.33 bits per heavy atom. The van der Waals surface area contributed by atoms with Gasteiger partial charge in [-0.05, 0) is 61.6 Å². The van der Waals surface area contributed by atoms with Crippen LogP contribution in [0, 0.1) is 0 Å². The summed E-state index contributed by atoms with van der Waals surface area (Å²) in [6.07, 6.45) is -1.04. The third-order valence-electron chi connectivity index (χ3n) is 6.94. The summed E-state index contributed by atoms with van der Waals surface area (Å²) >= 11 is 1.41. The fourth-order valence-corrected chi connectivity index (χ4v) is 6.26. The molecule has 210 valence electrons. The molecule has 11 heteroatoms. The first-order valence-corrected chi connectivity index (χ1v) is 15.5. The SMILES string of the molecule is CCS(=O)(=O)c1ccc(C(Oc2ccc(OC)cc2)C(=O)Nc2nc3ccc(N4CCN(C)CC4)cc3s2)cc1. The number of hydrogen-bond donors (Lipinski definition) is 1. The molecule has 1 aliphatic rings. The van der Waals surface area contributed by atoms with Gasteiger partial charge in [-0.25, -0.2) is 13.4 Å². The van der Waals surface area contributed by atoms with E-state index in [0.717, 1.165) is 42.1 Å². The molecule has 1 saturated heterocycles. The minimum Gasteiger partial charge on any atom is -0.497 e. The highest BCUT2D eigenvalue weighted by molar-refractivity contribution is 7.91. The first kappa shape index (κ1) is 27.9. The predicted octanol–water partition coefficient (Wildman–Crippen LogP) is 4.61. The van der Waals surface area contributed by atoms with Crippen LogP contribution in [0.25, 0.3) is 10.2 Å². The van der Waals surface area contributed by atoms with E-state index in [1.165, 1.54) is 23.5 Å². The summed E-state index contributed by atoms with van der Waals surface area (Å²) in [4.78, 5) is 23.1. The first-order chi connectivity index (χ1) is 19.3. The maximum atomic E-state index is 13.6. The van der Waals surface area contributed by atoms with Crippen molar-refractivity contribution < 1.29 is 22.7 Å². The number of piperazine rings is 1. The number of fused-ring (bicyclic) bond motifs is 1. The van der Waals surface area contributed by atoms with E-state index in [-0.39, 0.29) is 10.6 Å². The minimum absolute atomic E-state index is 0.00720. The van der Waals surface area contributed by atoms with Gasteiger partial charge in [0.05, 0.1) is 28.0 Å². The van der Waals surface area contributed by atoms with Gasteiger partial charge in [0.2, 0.25) is 6.10 Å². The molecule has 1 unspecified atom stereocenters. The number of sulfone groups is 1. The largest absolute Gasteiger partial charge is 0.497 e. The Balaban J connectivity index is 1.39. The van der Waals surface area contributed by atoms with Crippen molar-refractivity contribution in [3.05, 3.63) is 72.3 Å². The smallest absolute Gasteiger partial charge is 0.271 e. The molecule has 4 aromatic rings. The number of ether oxygens (including phenoxy) is 2. The highest BCUT2D eigenvalue weighted by Crippen LogP contribution is 2.32. The number of anilines is 2. The first-order valence-electron chi connectivity index (χ1n) is 13.0. The van der Waals surface area contributed by atoms with Gasteiger partial charge in [0.15, 0.2) is 15.0 Å². The number of nitrogens with one attached hydrogen (secondary N) is 1. The molecule has 3 aromatic carbocycles. The van der Waals surface area contributed by atoms with E-state index in [0.29, 0.717) is 22.2 Å². The molecule has 2 heterocycles. The number of carbonyl (C=O) groups is 1. The van der Waals surface area contributed by atoms with E-state index in [9.17, 15) is 13.2 Å².